The second-order valence-electron chi connectivity index (χ2n) is 6.38. The molecule has 0 aromatic carbocycles. The van der Waals surface area contributed by atoms with Crippen molar-refractivity contribution in [3.05, 3.63) is 28.6 Å². The molecule has 2 atom stereocenters. The number of nitrogens with one attached hydrogen (secondary N) is 1. The van der Waals surface area contributed by atoms with E-state index in [-0.39, 0.29) is 0 Å². The topological polar surface area (TPSA) is 28.2 Å². The average molecular weight is 275 g/mol. The van der Waals surface area contributed by atoms with Gasteiger partial charge in [-0.2, -0.15) is 0 Å². The average Bonchev–Trinajstić information content (AvgIpc) is 2.79. The maximum Gasteiger partial charge on any atom is 0.0426 e. The molecule has 0 saturated carbocycles. The van der Waals surface area contributed by atoms with Crippen molar-refractivity contribution in [2.45, 2.75) is 59.5 Å². The van der Waals surface area contributed by atoms with Crippen molar-refractivity contribution < 1.29 is 0 Å². The lowest BCUT2D eigenvalue weighted by Gasteiger charge is -2.26. The number of hydrogen-bond acceptors (Lipinski definition) is 3. The molecule has 1 fully saturated rings. The van der Waals surface area contributed by atoms with Gasteiger partial charge in [0.2, 0.25) is 0 Å². The highest BCUT2D eigenvalue weighted by Crippen LogP contribution is 2.21. The number of nitrogens with zero attached hydrogens (tertiary/aromatic N) is 2. The zero-order valence-corrected chi connectivity index (χ0v) is 13.7. The van der Waals surface area contributed by atoms with Crippen molar-refractivity contribution >= 4 is 0 Å². The zero-order chi connectivity index (χ0) is 14.7. The van der Waals surface area contributed by atoms with E-state index in [1.807, 2.05) is 0 Å². The molecule has 3 nitrogen and oxygen atoms in total. The van der Waals surface area contributed by atoms with Crippen LogP contribution < -0.4 is 5.32 Å². The summed E-state index contributed by atoms with van der Waals surface area (Å²) in [5.41, 5.74) is 4.99. The molecule has 1 N–H and O–H groups in total. The molecule has 0 radical (unpaired) electrons. The first-order valence-corrected chi connectivity index (χ1v) is 7.90. The van der Waals surface area contributed by atoms with Crippen molar-refractivity contribution in [1.29, 1.82) is 0 Å². The van der Waals surface area contributed by atoms with Crippen LogP contribution in [0.3, 0.4) is 0 Å². The minimum absolute atomic E-state index is 0.362. The Morgan fingerprint density at radius 2 is 1.85 bits per heavy atom. The third kappa shape index (κ3) is 3.80. The van der Waals surface area contributed by atoms with Gasteiger partial charge >= 0.3 is 0 Å². The number of pyridine rings is 1. The van der Waals surface area contributed by atoms with Crippen molar-refractivity contribution in [2.75, 3.05) is 19.6 Å². The number of likely N-dealkylation sites (tertiary alicyclic amines) is 1. The van der Waals surface area contributed by atoms with Gasteiger partial charge in [-0.1, -0.05) is 0 Å². The lowest BCUT2D eigenvalue weighted by atomic mass is 10.00. The monoisotopic (exact) mass is 275 g/mol. The predicted molar refractivity (Wildman–Crippen MR) is 85.1 cm³/mol. The zero-order valence-electron chi connectivity index (χ0n) is 13.7. The van der Waals surface area contributed by atoms with Crippen LogP contribution in [0.4, 0.5) is 0 Å². The minimum atomic E-state index is 0.362. The Kier molecular flexibility index (Phi) is 5.17. The van der Waals surface area contributed by atoms with Gasteiger partial charge in [0.05, 0.1) is 0 Å². The summed E-state index contributed by atoms with van der Waals surface area (Å²) in [5, 5.41) is 3.74. The van der Waals surface area contributed by atoms with Crippen LogP contribution in [0.25, 0.3) is 0 Å². The Morgan fingerprint density at radius 3 is 2.45 bits per heavy atom. The molecule has 2 unspecified atom stereocenters. The van der Waals surface area contributed by atoms with E-state index in [0.717, 1.165) is 17.9 Å². The summed E-state index contributed by atoms with van der Waals surface area (Å²) < 4.78 is 0. The van der Waals surface area contributed by atoms with E-state index in [4.69, 9.17) is 0 Å². The Labute approximate surface area is 123 Å². The van der Waals surface area contributed by atoms with E-state index >= 15 is 0 Å². The first-order chi connectivity index (χ1) is 9.47. The molecule has 0 spiro atoms. The van der Waals surface area contributed by atoms with Crippen molar-refractivity contribution in [2.24, 2.45) is 0 Å². The fourth-order valence-corrected chi connectivity index (χ4v) is 3.60. The second-order valence-corrected chi connectivity index (χ2v) is 6.38. The normalized spacial score (nSPS) is 19.2. The number of aryl methyl sites for hydroxylation is 3. The van der Waals surface area contributed by atoms with Gasteiger partial charge < -0.3 is 10.2 Å². The molecule has 2 heterocycles. The third-order valence-corrected chi connectivity index (χ3v) is 4.28. The van der Waals surface area contributed by atoms with Crippen LogP contribution in [0.5, 0.6) is 0 Å². The molecule has 1 aromatic heterocycles. The highest BCUT2D eigenvalue weighted by atomic mass is 15.2. The van der Waals surface area contributed by atoms with E-state index in [1.165, 1.54) is 37.1 Å². The molecule has 0 aliphatic carbocycles. The molecule has 1 aromatic rings. The standard InChI is InChI=1S/C17H29N3/c1-12-10-13(2)18-15(4)17(12)16(5)19-14(3)11-20-8-6-7-9-20/h10,14,16,19H,6-9,11H2,1-5H3. The van der Waals surface area contributed by atoms with Crippen LogP contribution in [0.1, 0.15) is 55.2 Å². The highest BCUT2D eigenvalue weighted by molar-refractivity contribution is 5.33. The predicted octanol–water partition coefficient (Wildman–Crippen LogP) is 3.14. The van der Waals surface area contributed by atoms with E-state index in [0.29, 0.717) is 12.1 Å². The van der Waals surface area contributed by atoms with Gasteiger partial charge in [0, 0.05) is 30.0 Å². The number of hydrogen-bond donors (Lipinski definition) is 1. The van der Waals surface area contributed by atoms with Crippen molar-refractivity contribution in [1.82, 2.24) is 15.2 Å². The maximum atomic E-state index is 4.62. The molecular formula is C17H29N3. The van der Waals surface area contributed by atoms with E-state index < -0.39 is 0 Å². The number of rotatable bonds is 5. The molecule has 0 bridgehead atoms. The largest absolute Gasteiger partial charge is 0.306 e. The Balaban J connectivity index is 1.98. The summed E-state index contributed by atoms with van der Waals surface area (Å²) in [6, 6.07) is 3.06. The quantitative estimate of drug-likeness (QED) is 0.895. The smallest absolute Gasteiger partial charge is 0.0426 e. The molecule has 3 heteroatoms. The fraction of sp³-hybridized carbons (Fsp3) is 0.706. The van der Waals surface area contributed by atoms with Crippen molar-refractivity contribution in [3.63, 3.8) is 0 Å². The van der Waals surface area contributed by atoms with Crippen LogP contribution in [0, 0.1) is 20.8 Å². The molecule has 1 aliphatic heterocycles. The van der Waals surface area contributed by atoms with Crippen LogP contribution in [-0.4, -0.2) is 35.6 Å². The molecule has 2 rings (SSSR count). The Hall–Kier alpha value is -0.930. The van der Waals surface area contributed by atoms with E-state index in [2.05, 4.69) is 55.9 Å². The van der Waals surface area contributed by atoms with Crippen LogP contribution >= 0.6 is 0 Å². The molecule has 1 aliphatic rings. The summed E-state index contributed by atoms with van der Waals surface area (Å²) in [7, 11) is 0. The first kappa shape index (κ1) is 15.5. The molecular weight excluding hydrogens is 246 g/mol. The Bertz CT molecular complexity index is 427. The van der Waals surface area contributed by atoms with Crippen LogP contribution in [0.15, 0.2) is 6.07 Å². The maximum absolute atomic E-state index is 4.62. The van der Waals surface area contributed by atoms with Gasteiger partial charge in [-0.25, -0.2) is 0 Å². The SMILES string of the molecule is Cc1cc(C)c(C(C)NC(C)CN2CCCC2)c(C)n1. The van der Waals surface area contributed by atoms with Crippen LogP contribution in [0.2, 0.25) is 0 Å². The number of aromatic nitrogens is 1. The second kappa shape index (κ2) is 6.68. The first-order valence-electron chi connectivity index (χ1n) is 7.90. The van der Waals surface area contributed by atoms with Gasteiger partial charge in [-0.15, -0.1) is 0 Å². The van der Waals surface area contributed by atoms with E-state index in [9.17, 15) is 0 Å². The summed E-state index contributed by atoms with van der Waals surface area (Å²) in [6.45, 7) is 14.6. The summed E-state index contributed by atoms with van der Waals surface area (Å²) in [4.78, 5) is 7.18. The van der Waals surface area contributed by atoms with E-state index in [1.54, 1.807) is 0 Å². The summed E-state index contributed by atoms with van der Waals surface area (Å²) >= 11 is 0. The van der Waals surface area contributed by atoms with Gasteiger partial charge in [0.15, 0.2) is 0 Å². The molecule has 1 saturated heterocycles. The molecule has 0 amide bonds. The minimum Gasteiger partial charge on any atom is -0.306 e. The van der Waals surface area contributed by atoms with Gasteiger partial charge in [-0.05, 0) is 77.7 Å². The molecule has 20 heavy (non-hydrogen) atoms. The van der Waals surface area contributed by atoms with Gasteiger partial charge in [0.1, 0.15) is 0 Å². The third-order valence-electron chi connectivity index (χ3n) is 4.28. The lowest BCUT2D eigenvalue weighted by molar-refractivity contribution is 0.289. The highest BCUT2D eigenvalue weighted by Gasteiger charge is 2.18. The summed E-state index contributed by atoms with van der Waals surface area (Å²) in [6.07, 6.45) is 2.73. The van der Waals surface area contributed by atoms with Crippen LogP contribution in [-0.2, 0) is 0 Å². The summed E-state index contributed by atoms with van der Waals surface area (Å²) in [5.74, 6) is 0. The molecule has 112 valence electrons. The van der Waals surface area contributed by atoms with Gasteiger partial charge in [0.25, 0.3) is 0 Å². The Morgan fingerprint density at radius 1 is 1.20 bits per heavy atom. The van der Waals surface area contributed by atoms with Crippen molar-refractivity contribution in [3.8, 4) is 0 Å². The fourth-order valence-electron chi connectivity index (χ4n) is 3.60. The van der Waals surface area contributed by atoms with Gasteiger partial charge in [-0.3, -0.25) is 4.98 Å². The lowest BCUT2D eigenvalue weighted by Crippen LogP contribution is -2.39.